The molecule has 0 saturated heterocycles. The van der Waals surface area contributed by atoms with Crippen molar-refractivity contribution in [3.63, 3.8) is 0 Å². The van der Waals surface area contributed by atoms with Gasteiger partial charge >= 0.3 is 11.9 Å². The predicted molar refractivity (Wildman–Crippen MR) is 139 cm³/mol. The molecule has 0 fully saturated rings. The maximum Gasteiger partial charge on any atom is 0.341 e. The second kappa shape index (κ2) is 11.6. The van der Waals surface area contributed by atoms with Crippen molar-refractivity contribution in [2.24, 2.45) is 0 Å². The minimum atomic E-state index is -0.411. The number of rotatable bonds is 10. The Morgan fingerprint density at radius 3 is 1.57 bits per heavy atom. The molecular weight excluding hydrogens is 508 g/mol. The quantitative estimate of drug-likeness (QED) is 0.341. The van der Waals surface area contributed by atoms with E-state index in [4.69, 9.17) is 9.47 Å². The number of aryl methyl sites for hydroxylation is 2. The number of ether oxygens (including phenoxy) is 2. The number of anilines is 2. The van der Waals surface area contributed by atoms with Crippen molar-refractivity contribution in [1.29, 1.82) is 0 Å². The number of nitrogens with one attached hydrogen (secondary N) is 2. The maximum absolute atomic E-state index is 12.4. The third-order valence-corrected chi connectivity index (χ3v) is 9.47. The van der Waals surface area contributed by atoms with Gasteiger partial charge in [0, 0.05) is 34.1 Å². The lowest BCUT2D eigenvalue weighted by Gasteiger charge is -2.08. The van der Waals surface area contributed by atoms with Crippen LogP contribution in [0.5, 0.6) is 0 Å². The zero-order valence-corrected chi connectivity index (χ0v) is 22.2. The lowest BCUT2D eigenvalue weighted by atomic mass is 10.1. The molecule has 2 aromatic rings. The van der Waals surface area contributed by atoms with Crippen LogP contribution in [0.2, 0.25) is 0 Å². The molecule has 0 unspecified atom stereocenters. The molecule has 2 amide bonds. The van der Waals surface area contributed by atoms with Crippen LogP contribution >= 0.6 is 34.4 Å². The van der Waals surface area contributed by atoms with Crippen molar-refractivity contribution in [2.45, 2.75) is 51.4 Å². The number of thiophene rings is 2. The highest BCUT2D eigenvalue weighted by molar-refractivity contribution is 7.99. The molecule has 2 aliphatic carbocycles. The van der Waals surface area contributed by atoms with Gasteiger partial charge in [0.05, 0.1) is 25.3 Å². The van der Waals surface area contributed by atoms with Gasteiger partial charge in [0.25, 0.3) is 0 Å². The summed E-state index contributed by atoms with van der Waals surface area (Å²) in [7, 11) is 2.70. The van der Waals surface area contributed by atoms with E-state index in [1.165, 1.54) is 48.7 Å². The molecule has 2 aromatic heterocycles. The van der Waals surface area contributed by atoms with Crippen LogP contribution in [-0.4, -0.2) is 49.5 Å². The molecule has 188 valence electrons. The van der Waals surface area contributed by atoms with Crippen molar-refractivity contribution in [3.8, 4) is 0 Å². The Morgan fingerprint density at radius 2 is 1.17 bits per heavy atom. The molecule has 0 atom stereocenters. The van der Waals surface area contributed by atoms with E-state index in [0.29, 0.717) is 32.6 Å². The summed E-state index contributed by atoms with van der Waals surface area (Å²) in [4.78, 5) is 51.6. The zero-order chi connectivity index (χ0) is 24.9. The first-order valence-corrected chi connectivity index (χ1v) is 14.3. The fourth-order valence-corrected chi connectivity index (χ4v) is 7.88. The van der Waals surface area contributed by atoms with Crippen LogP contribution in [-0.2, 0) is 44.7 Å². The van der Waals surface area contributed by atoms with Gasteiger partial charge in [-0.3, -0.25) is 9.59 Å². The summed E-state index contributed by atoms with van der Waals surface area (Å²) in [5.74, 6) is -0.0414. The van der Waals surface area contributed by atoms with Crippen molar-refractivity contribution in [3.05, 3.63) is 32.0 Å². The van der Waals surface area contributed by atoms with Gasteiger partial charge in [-0.25, -0.2) is 9.59 Å². The van der Waals surface area contributed by atoms with E-state index in [1.54, 1.807) is 0 Å². The number of fused-ring (bicyclic) bond motifs is 2. The molecule has 0 spiro atoms. The molecule has 2 N–H and O–H groups in total. The highest BCUT2D eigenvalue weighted by Gasteiger charge is 2.29. The Hall–Kier alpha value is -2.37. The first kappa shape index (κ1) is 25.7. The van der Waals surface area contributed by atoms with E-state index in [9.17, 15) is 19.2 Å². The van der Waals surface area contributed by atoms with E-state index < -0.39 is 11.9 Å². The van der Waals surface area contributed by atoms with Crippen LogP contribution in [0.4, 0.5) is 10.0 Å². The molecule has 0 radical (unpaired) electrons. The van der Waals surface area contributed by atoms with Crippen LogP contribution in [0.3, 0.4) is 0 Å². The van der Waals surface area contributed by atoms with Crippen molar-refractivity contribution < 1.29 is 28.7 Å². The molecule has 35 heavy (non-hydrogen) atoms. The fourth-order valence-electron chi connectivity index (χ4n) is 4.43. The molecule has 0 bridgehead atoms. The van der Waals surface area contributed by atoms with E-state index in [1.807, 2.05) is 0 Å². The minimum Gasteiger partial charge on any atom is -0.465 e. The second-order valence-corrected chi connectivity index (χ2v) is 11.7. The maximum atomic E-state index is 12.4. The Balaban J connectivity index is 1.22. The summed E-state index contributed by atoms with van der Waals surface area (Å²) < 4.78 is 9.83. The molecule has 2 heterocycles. The SMILES string of the molecule is COC(=O)c1c(NC(=O)CCSCCC(=O)Nc2sc3c(c2C(=O)OC)CCC3)sc2c1CCC2. The van der Waals surface area contributed by atoms with Crippen LogP contribution in [0, 0.1) is 0 Å². The van der Waals surface area contributed by atoms with Gasteiger partial charge in [0.2, 0.25) is 11.8 Å². The van der Waals surface area contributed by atoms with Gasteiger partial charge in [0.15, 0.2) is 0 Å². The molecule has 0 aromatic carbocycles. The third-order valence-electron chi connectivity index (χ3n) is 6.07. The van der Waals surface area contributed by atoms with Crippen LogP contribution in [0.25, 0.3) is 0 Å². The Bertz CT molecular complexity index is 1060. The Labute approximate surface area is 216 Å². The highest BCUT2D eigenvalue weighted by Crippen LogP contribution is 2.40. The van der Waals surface area contributed by atoms with Gasteiger partial charge in [-0.05, 0) is 49.7 Å². The second-order valence-electron chi connectivity index (χ2n) is 8.31. The fraction of sp³-hybridized carbons (Fsp3) is 0.500. The number of hydrogen-bond acceptors (Lipinski definition) is 9. The number of thioether (sulfide) groups is 1. The summed E-state index contributed by atoms with van der Waals surface area (Å²) >= 11 is 4.43. The smallest absolute Gasteiger partial charge is 0.341 e. The predicted octanol–water partition coefficient (Wildman–Crippen LogP) is 4.45. The first-order chi connectivity index (χ1) is 16.9. The van der Waals surface area contributed by atoms with Gasteiger partial charge in [-0.15, -0.1) is 22.7 Å². The lowest BCUT2D eigenvalue weighted by molar-refractivity contribution is -0.116. The minimum absolute atomic E-state index is 0.164. The number of methoxy groups -OCH3 is 2. The number of amides is 2. The highest BCUT2D eigenvalue weighted by atomic mass is 32.2. The number of esters is 2. The van der Waals surface area contributed by atoms with E-state index >= 15 is 0 Å². The molecule has 0 saturated carbocycles. The van der Waals surface area contributed by atoms with Crippen LogP contribution in [0.1, 0.15) is 67.3 Å². The normalized spacial score (nSPS) is 13.8. The van der Waals surface area contributed by atoms with Crippen molar-refractivity contribution in [2.75, 3.05) is 36.4 Å². The molecule has 11 heteroatoms. The van der Waals surface area contributed by atoms with E-state index in [2.05, 4.69) is 10.6 Å². The zero-order valence-electron chi connectivity index (χ0n) is 19.7. The van der Waals surface area contributed by atoms with E-state index in [0.717, 1.165) is 59.4 Å². The monoisotopic (exact) mass is 536 g/mol. The average molecular weight is 537 g/mol. The van der Waals surface area contributed by atoms with Gasteiger partial charge in [-0.1, -0.05) is 0 Å². The molecule has 4 rings (SSSR count). The molecule has 2 aliphatic rings. The topological polar surface area (TPSA) is 111 Å². The molecule has 0 aliphatic heterocycles. The Morgan fingerprint density at radius 1 is 0.743 bits per heavy atom. The largest absolute Gasteiger partial charge is 0.465 e. The number of hydrogen-bond donors (Lipinski definition) is 2. The van der Waals surface area contributed by atoms with Gasteiger partial charge in [-0.2, -0.15) is 11.8 Å². The van der Waals surface area contributed by atoms with Gasteiger partial charge < -0.3 is 20.1 Å². The summed E-state index contributed by atoms with van der Waals surface area (Å²) in [6, 6.07) is 0. The van der Waals surface area contributed by atoms with Crippen molar-refractivity contribution >= 4 is 68.2 Å². The molecular formula is C24H28N2O6S3. The number of carbonyl (C=O) groups excluding carboxylic acids is 4. The standard InChI is InChI=1S/C24H28N2O6S3/c1-31-23(29)19-13-5-3-7-15(13)34-21(19)25-17(27)9-11-33-12-10-18(28)26-22-20(24(30)32-2)14-6-4-8-16(14)35-22/h3-12H2,1-2H3,(H,25,27)(H,26,28). The lowest BCUT2D eigenvalue weighted by Crippen LogP contribution is -2.16. The summed E-state index contributed by atoms with van der Waals surface area (Å²) in [5, 5.41) is 6.88. The summed E-state index contributed by atoms with van der Waals surface area (Å²) in [6.45, 7) is 0. The molecule has 8 nitrogen and oxygen atoms in total. The Kier molecular flexibility index (Phi) is 8.51. The van der Waals surface area contributed by atoms with Crippen molar-refractivity contribution in [1.82, 2.24) is 0 Å². The van der Waals surface area contributed by atoms with Gasteiger partial charge in [0.1, 0.15) is 10.0 Å². The van der Waals surface area contributed by atoms with Crippen LogP contribution < -0.4 is 10.6 Å². The van der Waals surface area contributed by atoms with Crippen LogP contribution in [0.15, 0.2) is 0 Å². The number of carbonyl (C=O) groups is 4. The summed E-state index contributed by atoms with van der Waals surface area (Å²) in [6.07, 6.45) is 6.10. The van der Waals surface area contributed by atoms with E-state index in [-0.39, 0.29) is 24.7 Å². The third kappa shape index (κ3) is 5.73. The average Bonchev–Trinajstić information content (AvgIpc) is 3.59. The summed E-state index contributed by atoms with van der Waals surface area (Å²) in [5.41, 5.74) is 3.00. The first-order valence-electron chi connectivity index (χ1n) is 11.6.